The summed E-state index contributed by atoms with van der Waals surface area (Å²) in [5, 5.41) is 4.16. The highest BCUT2D eigenvalue weighted by molar-refractivity contribution is 7.70. The summed E-state index contributed by atoms with van der Waals surface area (Å²) in [5.74, 6) is 0. The molecule has 0 spiro atoms. The average Bonchev–Trinajstić information content (AvgIpc) is 3.42. The fourth-order valence-electron chi connectivity index (χ4n) is 5.28. The molecule has 188 valence electrons. The fourth-order valence-corrected chi connectivity index (χ4v) is 6.15. The minimum absolute atomic E-state index is 0.899. The number of fused-ring (bicyclic) bond motifs is 5. The number of pyridine rings is 2. The molecule has 7 rings (SSSR count). The minimum atomic E-state index is -2.27. The molecule has 3 heterocycles. The molecule has 0 aliphatic carbocycles. The predicted octanol–water partition coefficient (Wildman–Crippen LogP) is 8.28. The number of hydrogen-bond donors (Lipinski definition) is 0. The van der Waals surface area contributed by atoms with Gasteiger partial charge < -0.3 is 8.97 Å². The molecule has 7 aromatic rings. The van der Waals surface area contributed by atoms with E-state index >= 15 is 0 Å². The van der Waals surface area contributed by atoms with E-state index in [2.05, 4.69) is 77.5 Å². The Balaban J connectivity index is 1.38. The molecule has 4 nitrogen and oxygen atoms in total. The van der Waals surface area contributed by atoms with Crippen molar-refractivity contribution in [1.29, 1.82) is 0 Å². The van der Waals surface area contributed by atoms with Crippen LogP contribution in [0.1, 0.15) is 0 Å². The summed E-state index contributed by atoms with van der Waals surface area (Å²) in [7, 11) is -2.27. The van der Waals surface area contributed by atoms with Gasteiger partial charge in [-0.2, -0.15) is 0 Å². The van der Waals surface area contributed by atoms with Crippen molar-refractivity contribution in [3.05, 3.63) is 122 Å². The molecule has 0 radical (unpaired) electrons. The van der Waals surface area contributed by atoms with E-state index in [4.69, 9.17) is 9.97 Å². The lowest BCUT2D eigenvalue weighted by Crippen LogP contribution is -2.01. The highest BCUT2D eigenvalue weighted by Crippen LogP contribution is 2.37. The fraction of sp³-hybridized carbons (Fsp3) is 0.0588. The van der Waals surface area contributed by atoms with Crippen LogP contribution in [-0.2, 0) is 4.57 Å². The van der Waals surface area contributed by atoms with Crippen LogP contribution in [0.3, 0.4) is 0 Å². The van der Waals surface area contributed by atoms with Gasteiger partial charge in [-0.1, -0.05) is 97.1 Å². The Hall–Kier alpha value is -4.53. The van der Waals surface area contributed by atoms with E-state index < -0.39 is 7.14 Å². The van der Waals surface area contributed by atoms with Gasteiger partial charge in [0.2, 0.25) is 0 Å². The van der Waals surface area contributed by atoms with Crippen LogP contribution in [0.4, 0.5) is 0 Å². The Bertz CT molecular complexity index is 2040. The van der Waals surface area contributed by atoms with Gasteiger partial charge in [-0.25, -0.2) is 9.97 Å². The first-order chi connectivity index (χ1) is 19.0. The van der Waals surface area contributed by atoms with Crippen LogP contribution in [0.5, 0.6) is 0 Å². The number of rotatable bonds is 4. The largest absolute Gasteiger partial charge is 0.319 e. The Kier molecular flexibility index (Phi) is 5.47. The maximum absolute atomic E-state index is 12.4. The zero-order chi connectivity index (χ0) is 26.6. The van der Waals surface area contributed by atoms with Crippen molar-refractivity contribution in [1.82, 2.24) is 14.4 Å². The SMILES string of the molecule is CP(C)(=O)c1ccc(-c2ccc(-c3nc4ccccc4c4c3ccn3cc(-c5ccccc5)nc43)cc2)cc1. The summed E-state index contributed by atoms with van der Waals surface area (Å²) in [6.45, 7) is 3.61. The average molecular weight is 524 g/mol. The third-order valence-corrected chi connectivity index (χ3v) is 8.88. The molecule has 0 atom stereocenters. The van der Waals surface area contributed by atoms with E-state index in [0.717, 1.165) is 66.3 Å². The standard InChI is InChI=1S/C34H26N3OP/c1-39(2,38)27-18-16-24(17-19-27)23-12-14-26(15-13-23)33-29-20-21-37-22-31(25-8-4-3-5-9-25)36-34(37)32(29)28-10-6-7-11-30(28)35-33/h3-22H,1-2H3. The van der Waals surface area contributed by atoms with Crippen molar-refractivity contribution in [3.63, 3.8) is 0 Å². The van der Waals surface area contributed by atoms with Crippen molar-refractivity contribution in [3.8, 4) is 33.6 Å². The monoisotopic (exact) mass is 523 g/mol. The van der Waals surface area contributed by atoms with Gasteiger partial charge in [-0.05, 0) is 36.6 Å². The van der Waals surface area contributed by atoms with Crippen LogP contribution in [-0.4, -0.2) is 27.7 Å². The molecule has 0 aliphatic heterocycles. The second-order valence-corrected chi connectivity index (χ2v) is 13.5. The van der Waals surface area contributed by atoms with Crippen LogP contribution in [0.15, 0.2) is 122 Å². The molecule has 0 saturated heterocycles. The number of aromatic nitrogens is 3. The van der Waals surface area contributed by atoms with Crippen LogP contribution >= 0.6 is 7.14 Å². The molecular formula is C34H26N3OP. The molecule has 0 amide bonds. The van der Waals surface area contributed by atoms with E-state index in [1.54, 1.807) is 13.3 Å². The summed E-state index contributed by atoms with van der Waals surface area (Å²) in [6, 6.07) is 37.3. The number of para-hydroxylation sites is 1. The molecule has 0 saturated carbocycles. The summed E-state index contributed by atoms with van der Waals surface area (Å²) in [4.78, 5) is 10.2. The van der Waals surface area contributed by atoms with Gasteiger partial charge in [0.15, 0.2) is 0 Å². The summed E-state index contributed by atoms with van der Waals surface area (Å²) in [5.41, 5.74) is 8.11. The van der Waals surface area contributed by atoms with Gasteiger partial charge in [0.25, 0.3) is 0 Å². The van der Waals surface area contributed by atoms with Gasteiger partial charge >= 0.3 is 0 Å². The van der Waals surface area contributed by atoms with E-state index in [9.17, 15) is 4.57 Å². The van der Waals surface area contributed by atoms with Gasteiger partial charge in [-0.15, -0.1) is 0 Å². The molecule has 4 aromatic carbocycles. The molecular weight excluding hydrogens is 497 g/mol. The Labute approximate surface area is 227 Å². The zero-order valence-corrected chi connectivity index (χ0v) is 22.6. The Morgan fingerprint density at radius 1 is 0.615 bits per heavy atom. The van der Waals surface area contributed by atoms with Crippen molar-refractivity contribution in [2.75, 3.05) is 13.3 Å². The maximum atomic E-state index is 12.4. The maximum Gasteiger partial charge on any atom is 0.146 e. The van der Waals surface area contributed by atoms with Gasteiger partial charge in [0.05, 0.1) is 16.9 Å². The van der Waals surface area contributed by atoms with E-state index in [1.807, 2.05) is 48.5 Å². The molecule has 0 fully saturated rings. The third-order valence-electron chi connectivity index (χ3n) is 7.34. The quantitative estimate of drug-likeness (QED) is 0.172. The first kappa shape index (κ1) is 23.6. The Morgan fingerprint density at radius 3 is 1.97 bits per heavy atom. The first-order valence-electron chi connectivity index (χ1n) is 13.0. The lowest BCUT2D eigenvalue weighted by molar-refractivity contribution is 0.588. The molecule has 39 heavy (non-hydrogen) atoms. The van der Waals surface area contributed by atoms with Crippen molar-refractivity contribution in [2.45, 2.75) is 0 Å². The number of hydrogen-bond acceptors (Lipinski definition) is 3. The third kappa shape index (κ3) is 4.14. The second kappa shape index (κ2) is 9.04. The van der Waals surface area contributed by atoms with Gasteiger partial charge in [0, 0.05) is 45.0 Å². The van der Waals surface area contributed by atoms with Crippen LogP contribution in [0.25, 0.3) is 61.0 Å². The Morgan fingerprint density at radius 2 is 1.26 bits per heavy atom. The van der Waals surface area contributed by atoms with Crippen molar-refractivity contribution >= 4 is 39.8 Å². The molecule has 0 aliphatic rings. The van der Waals surface area contributed by atoms with Crippen LogP contribution in [0.2, 0.25) is 0 Å². The predicted molar refractivity (Wildman–Crippen MR) is 163 cm³/mol. The normalized spacial score (nSPS) is 11.9. The highest BCUT2D eigenvalue weighted by atomic mass is 31.2. The van der Waals surface area contributed by atoms with Crippen molar-refractivity contribution in [2.24, 2.45) is 0 Å². The van der Waals surface area contributed by atoms with E-state index in [0.29, 0.717) is 0 Å². The zero-order valence-electron chi connectivity index (χ0n) is 21.7. The van der Waals surface area contributed by atoms with E-state index in [1.165, 1.54) is 0 Å². The smallest absolute Gasteiger partial charge is 0.146 e. The number of imidazole rings is 1. The summed E-state index contributed by atoms with van der Waals surface area (Å²) in [6.07, 6.45) is 4.17. The topological polar surface area (TPSA) is 47.3 Å². The van der Waals surface area contributed by atoms with Crippen LogP contribution in [0, 0.1) is 0 Å². The number of nitrogens with zero attached hydrogens (tertiary/aromatic N) is 3. The molecule has 0 bridgehead atoms. The second-order valence-electron chi connectivity index (χ2n) is 10.3. The van der Waals surface area contributed by atoms with Crippen molar-refractivity contribution < 1.29 is 4.57 Å². The van der Waals surface area contributed by atoms with Gasteiger partial charge in [-0.3, -0.25) is 0 Å². The summed E-state index contributed by atoms with van der Waals surface area (Å²) < 4.78 is 14.5. The lowest BCUT2D eigenvalue weighted by atomic mass is 9.98. The number of benzene rings is 4. The van der Waals surface area contributed by atoms with Crippen LogP contribution < -0.4 is 5.30 Å². The lowest BCUT2D eigenvalue weighted by Gasteiger charge is -2.12. The molecule has 0 unspecified atom stereocenters. The molecule has 5 heteroatoms. The highest BCUT2D eigenvalue weighted by Gasteiger charge is 2.16. The summed E-state index contributed by atoms with van der Waals surface area (Å²) >= 11 is 0. The minimum Gasteiger partial charge on any atom is -0.319 e. The van der Waals surface area contributed by atoms with E-state index in [-0.39, 0.29) is 0 Å². The first-order valence-corrected chi connectivity index (χ1v) is 15.6. The van der Waals surface area contributed by atoms with Gasteiger partial charge in [0.1, 0.15) is 12.8 Å². The molecule has 0 N–H and O–H groups in total. The molecule has 3 aromatic heterocycles.